The Morgan fingerprint density at radius 3 is 2.86 bits per heavy atom. The fourth-order valence-electron chi connectivity index (χ4n) is 2.50. The molecule has 3 rings (SSSR count). The Kier molecular flexibility index (Phi) is 3.87. The van der Waals surface area contributed by atoms with E-state index in [1.165, 1.54) is 0 Å². The standard InChI is InChI=1S/C15H19N5O/c1-21-13-5-3-2-4-12(13)19-15-18-11-7-9-17-8-6-10(11)14(16)20-15/h2-5,17H,6-9H2,1H3,(H3,16,18,19,20). The number of rotatable bonds is 3. The van der Waals surface area contributed by atoms with Crippen LogP contribution in [0.1, 0.15) is 11.3 Å². The molecule has 0 spiro atoms. The lowest BCUT2D eigenvalue weighted by Gasteiger charge is -2.13. The average molecular weight is 285 g/mol. The maximum atomic E-state index is 6.09. The molecule has 1 aromatic heterocycles. The van der Waals surface area contributed by atoms with Gasteiger partial charge in [0.15, 0.2) is 0 Å². The number of para-hydroxylation sites is 2. The summed E-state index contributed by atoms with van der Waals surface area (Å²) in [7, 11) is 1.64. The fourth-order valence-corrected chi connectivity index (χ4v) is 2.50. The first-order valence-electron chi connectivity index (χ1n) is 7.04. The van der Waals surface area contributed by atoms with Crippen LogP contribution in [-0.4, -0.2) is 30.2 Å². The van der Waals surface area contributed by atoms with Crippen molar-refractivity contribution in [3.05, 3.63) is 35.5 Å². The summed E-state index contributed by atoms with van der Waals surface area (Å²) < 4.78 is 5.32. The Balaban J connectivity index is 1.93. The quantitative estimate of drug-likeness (QED) is 0.792. The number of benzene rings is 1. The molecule has 110 valence electrons. The van der Waals surface area contributed by atoms with Crippen LogP contribution in [-0.2, 0) is 12.8 Å². The number of nitrogens with one attached hydrogen (secondary N) is 2. The lowest BCUT2D eigenvalue weighted by molar-refractivity contribution is 0.417. The molecule has 6 nitrogen and oxygen atoms in total. The van der Waals surface area contributed by atoms with Gasteiger partial charge in [-0.1, -0.05) is 12.1 Å². The largest absolute Gasteiger partial charge is 0.495 e. The smallest absolute Gasteiger partial charge is 0.229 e. The molecule has 0 saturated carbocycles. The molecule has 1 aliphatic rings. The second-order valence-electron chi connectivity index (χ2n) is 4.93. The number of methoxy groups -OCH3 is 1. The van der Waals surface area contributed by atoms with Crippen molar-refractivity contribution in [2.45, 2.75) is 12.8 Å². The monoisotopic (exact) mass is 285 g/mol. The first-order chi connectivity index (χ1) is 10.3. The normalized spacial score (nSPS) is 14.1. The molecule has 0 fully saturated rings. The Morgan fingerprint density at radius 1 is 1.19 bits per heavy atom. The average Bonchev–Trinajstić information content (AvgIpc) is 2.73. The van der Waals surface area contributed by atoms with Gasteiger partial charge >= 0.3 is 0 Å². The third-order valence-electron chi connectivity index (χ3n) is 3.57. The maximum absolute atomic E-state index is 6.09. The van der Waals surface area contributed by atoms with E-state index < -0.39 is 0 Å². The van der Waals surface area contributed by atoms with Crippen LogP contribution < -0.4 is 21.1 Å². The molecule has 2 aromatic rings. The lowest BCUT2D eigenvalue weighted by atomic mass is 10.1. The number of ether oxygens (including phenoxy) is 1. The summed E-state index contributed by atoms with van der Waals surface area (Å²) in [6, 6.07) is 7.66. The van der Waals surface area contributed by atoms with Gasteiger partial charge in [-0.05, 0) is 25.1 Å². The van der Waals surface area contributed by atoms with Gasteiger partial charge in [-0.3, -0.25) is 0 Å². The number of anilines is 3. The summed E-state index contributed by atoms with van der Waals surface area (Å²) in [6.07, 6.45) is 1.73. The molecule has 1 aromatic carbocycles. The minimum atomic E-state index is 0.512. The van der Waals surface area contributed by atoms with Crippen LogP contribution in [0, 0.1) is 0 Å². The number of hydrogen-bond donors (Lipinski definition) is 3. The first-order valence-corrected chi connectivity index (χ1v) is 7.04. The van der Waals surface area contributed by atoms with E-state index in [-0.39, 0.29) is 0 Å². The van der Waals surface area contributed by atoms with Gasteiger partial charge in [0, 0.05) is 18.5 Å². The Morgan fingerprint density at radius 2 is 2.00 bits per heavy atom. The molecule has 2 heterocycles. The van der Waals surface area contributed by atoms with Gasteiger partial charge in [0.05, 0.1) is 18.5 Å². The van der Waals surface area contributed by atoms with E-state index in [4.69, 9.17) is 10.5 Å². The molecule has 21 heavy (non-hydrogen) atoms. The van der Waals surface area contributed by atoms with E-state index in [0.717, 1.165) is 48.6 Å². The summed E-state index contributed by atoms with van der Waals surface area (Å²) in [5.41, 5.74) is 8.99. The number of aromatic nitrogens is 2. The molecular weight excluding hydrogens is 266 g/mol. The molecule has 6 heteroatoms. The predicted molar refractivity (Wildman–Crippen MR) is 83.0 cm³/mol. The topological polar surface area (TPSA) is 85.1 Å². The molecule has 0 bridgehead atoms. The van der Waals surface area contributed by atoms with E-state index >= 15 is 0 Å². The van der Waals surface area contributed by atoms with Gasteiger partial charge in [0.1, 0.15) is 11.6 Å². The van der Waals surface area contributed by atoms with Crippen molar-refractivity contribution in [3.63, 3.8) is 0 Å². The van der Waals surface area contributed by atoms with Crippen LogP contribution in [0.3, 0.4) is 0 Å². The highest BCUT2D eigenvalue weighted by Crippen LogP contribution is 2.27. The van der Waals surface area contributed by atoms with Gasteiger partial charge in [-0.15, -0.1) is 0 Å². The number of nitrogen functional groups attached to an aromatic ring is 1. The van der Waals surface area contributed by atoms with E-state index in [1.807, 2.05) is 24.3 Å². The van der Waals surface area contributed by atoms with Crippen molar-refractivity contribution in [1.29, 1.82) is 0 Å². The van der Waals surface area contributed by atoms with E-state index in [9.17, 15) is 0 Å². The zero-order chi connectivity index (χ0) is 14.7. The second-order valence-corrected chi connectivity index (χ2v) is 4.93. The van der Waals surface area contributed by atoms with Crippen LogP contribution in [0.4, 0.5) is 17.5 Å². The molecule has 0 saturated heterocycles. The Bertz CT molecular complexity index is 644. The maximum Gasteiger partial charge on any atom is 0.229 e. The molecule has 1 aliphatic heterocycles. The molecule has 0 amide bonds. The first kappa shape index (κ1) is 13.6. The van der Waals surface area contributed by atoms with E-state index in [1.54, 1.807) is 7.11 Å². The van der Waals surface area contributed by atoms with E-state index in [2.05, 4.69) is 20.6 Å². The summed E-state index contributed by atoms with van der Waals surface area (Å²) in [4.78, 5) is 8.98. The fraction of sp³-hybridized carbons (Fsp3) is 0.333. The lowest BCUT2D eigenvalue weighted by Crippen LogP contribution is -2.16. The number of fused-ring (bicyclic) bond motifs is 1. The highest BCUT2D eigenvalue weighted by atomic mass is 16.5. The van der Waals surface area contributed by atoms with Crippen LogP contribution in [0.25, 0.3) is 0 Å². The predicted octanol–water partition coefficient (Wildman–Crippen LogP) is 1.50. The molecule has 0 radical (unpaired) electrons. The highest BCUT2D eigenvalue weighted by Gasteiger charge is 2.15. The number of nitrogens with zero attached hydrogens (tertiary/aromatic N) is 2. The van der Waals surface area contributed by atoms with Crippen molar-refractivity contribution in [2.24, 2.45) is 0 Å². The summed E-state index contributed by atoms with van der Waals surface area (Å²) in [5, 5.41) is 6.53. The van der Waals surface area contributed by atoms with Crippen molar-refractivity contribution in [1.82, 2.24) is 15.3 Å². The molecule has 0 atom stereocenters. The summed E-state index contributed by atoms with van der Waals surface area (Å²) >= 11 is 0. The van der Waals surface area contributed by atoms with Gasteiger partial charge in [-0.25, -0.2) is 4.98 Å². The summed E-state index contributed by atoms with van der Waals surface area (Å²) in [6.45, 7) is 1.83. The molecule has 0 aliphatic carbocycles. The van der Waals surface area contributed by atoms with Gasteiger partial charge in [0.25, 0.3) is 0 Å². The van der Waals surface area contributed by atoms with Gasteiger partial charge in [-0.2, -0.15) is 4.98 Å². The number of hydrogen-bond acceptors (Lipinski definition) is 6. The molecule has 4 N–H and O–H groups in total. The third kappa shape index (κ3) is 2.90. The van der Waals surface area contributed by atoms with Crippen molar-refractivity contribution >= 4 is 17.5 Å². The molecular formula is C15H19N5O. The van der Waals surface area contributed by atoms with Gasteiger partial charge in [0.2, 0.25) is 5.95 Å². The van der Waals surface area contributed by atoms with Crippen molar-refractivity contribution in [2.75, 3.05) is 31.2 Å². The number of nitrogens with two attached hydrogens (primary N) is 1. The third-order valence-corrected chi connectivity index (χ3v) is 3.57. The van der Waals surface area contributed by atoms with Crippen molar-refractivity contribution in [3.8, 4) is 5.75 Å². The van der Waals surface area contributed by atoms with Crippen LogP contribution in [0.15, 0.2) is 24.3 Å². The van der Waals surface area contributed by atoms with E-state index in [0.29, 0.717) is 11.8 Å². The molecule has 0 unspecified atom stereocenters. The minimum Gasteiger partial charge on any atom is -0.495 e. The summed E-state index contributed by atoms with van der Waals surface area (Å²) in [5.74, 6) is 1.81. The van der Waals surface area contributed by atoms with Crippen LogP contribution in [0.2, 0.25) is 0 Å². The van der Waals surface area contributed by atoms with Gasteiger partial charge < -0.3 is 21.1 Å². The zero-order valence-corrected chi connectivity index (χ0v) is 12.0. The Labute approximate surface area is 123 Å². The zero-order valence-electron chi connectivity index (χ0n) is 12.0. The van der Waals surface area contributed by atoms with Crippen molar-refractivity contribution < 1.29 is 4.74 Å². The minimum absolute atomic E-state index is 0.512. The highest BCUT2D eigenvalue weighted by molar-refractivity contribution is 5.63. The SMILES string of the molecule is COc1ccccc1Nc1nc(N)c2c(n1)CCNCC2. The van der Waals surface area contributed by atoms with Crippen LogP contribution >= 0.6 is 0 Å². The van der Waals surface area contributed by atoms with Crippen LogP contribution in [0.5, 0.6) is 5.75 Å². The second kappa shape index (κ2) is 5.97. The Hall–Kier alpha value is -2.34.